The van der Waals surface area contributed by atoms with Crippen LogP contribution in [0.3, 0.4) is 0 Å². The summed E-state index contributed by atoms with van der Waals surface area (Å²) in [5.41, 5.74) is 0. The zero-order valence-corrected chi connectivity index (χ0v) is 12.6. The van der Waals surface area contributed by atoms with E-state index in [9.17, 15) is 0 Å². The summed E-state index contributed by atoms with van der Waals surface area (Å²) < 4.78 is 11.8. The van der Waals surface area contributed by atoms with E-state index in [2.05, 4.69) is 33.8 Å². The van der Waals surface area contributed by atoms with E-state index in [0.717, 1.165) is 38.9 Å². The van der Waals surface area contributed by atoms with Crippen molar-refractivity contribution in [3.8, 4) is 0 Å². The highest BCUT2D eigenvalue weighted by Gasteiger charge is 2.17. The van der Waals surface area contributed by atoms with Crippen molar-refractivity contribution in [2.24, 2.45) is 0 Å². The molecule has 0 amide bonds. The molecule has 0 aromatic rings. The van der Waals surface area contributed by atoms with Gasteiger partial charge in [-0.3, -0.25) is 0 Å². The van der Waals surface area contributed by atoms with Gasteiger partial charge in [0.15, 0.2) is 0 Å². The van der Waals surface area contributed by atoms with Crippen LogP contribution in [0.5, 0.6) is 0 Å². The second-order valence-corrected chi connectivity index (χ2v) is 6.08. The van der Waals surface area contributed by atoms with E-state index in [1.165, 1.54) is 11.6 Å². The maximum absolute atomic E-state index is 5.91. The lowest BCUT2D eigenvalue weighted by Crippen LogP contribution is -2.27. The van der Waals surface area contributed by atoms with E-state index in [1.54, 1.807) is 0 Å². The van der Waals surface area contributed by atoms with Crippen LogP contribution in [0.2, 0.25) is 0 Å². The van der Waals surface area contributed by atoms with Gasteiger partial charge in [-0.25, -0.2) is 0 Å². The van der Waals surface area contributed by atoms with Crippen LogP contribution in [-0.4, -0.2) is 22.5 Å². The van der Waals surface area contributed by atoms with Crippen LogP contribution >= 0.6 is 0 Å². The molecule has 2 nitrogen and oxygen atoms in total. The molecular formula is C13H28O2Si. The van der Waals surface area contributed by atoms with Gasteiger partial charge in [0, 0.05) is 13.2 Å². The lowest BCUT2D eigenvalue weighted by molar-refractivity contribution is 0.202. The van der Waals surface area contributed by atoms with Gasteiger partial charge in [-0.15, -0.1) is 0 Å². The SMILES string of the molecule is CCC=C(CCC)[SiH](OCCC)OCCC. The zero-order chi connectivity index (χ0) is 12.2. The van der Waals surface area contributed by atoms with Gasteiger partial charge in [-0.1, -0.05) is 40.2 Å². The number of hydrogen-bond donors (Lipinski definition) is 0. The van der Waals surface area contributed by atoms with E-state index >= 15 is 0 Å². The van der Waals surface area contributed by atoms with E-state index in [4.69, 9.17) is 8.85 Å². The Balaban J connectivity index is 4.33. The summed E-state index contributed by atoms with van der Waals surface area (Å²) in [5.74, 6) is 0. The van der Waals surface area contributed by atoms with E-state index in [-0.39, 0.29) is 0 Å². The largest absolute Gasteiger partial charge is 0.393 e. The highest BCUT2D eigenvalue weighted by molar-refractivity contribution is 6.53. The molecule has 0 atom stereocenters. The van der Waals surface area contributed by atoms with Gasteiger partial charge in [-0.05, 0) is 30.9 Å². The molecule has 0 aromatic carbocycles. The molecule has 16 heavy (non-hydrogen) atoms. The van der Waals surface area contributed by atoms with Crippen LogP contribution in [-0.2, 0) is 8.85 Å². The number of allylic oxidation sites excluding steroid dienone is 2. The van der Waals surface area contributed by atoms with E-state index in [1.807, 2.05) is 0 Å². The molecule has 0 aromatic heterocycles. The molecule has 96 valence electrons. The Bertz CT molecular complexity index is 173. The summed E-state index contributed by atoms with van der Waals surface area (Å²) in [6.07, 6.45) is 7.86. The molecular weight excluding hydrogens is 216 g/mol. The summed E-state index contributed by atoms with van der Waals surface area (Å²) in [5, 5.41) is 1.45. The number of rotatable bonds is 10. The third-order valence-corrected chi connectivity index (χ3v) is 4.46. The molecule has 0 heterocycles. The van der Waals surface area contributed by atoms with Gasteiger partial charge < -0.3 is 8.85 Å². The number of hydrogen-bond acceptors (Lipinski definition) is 2. The van der Waals surface area contributed by atoms with Crippen LogP contribution in [0, 0.1) is 0 Å². The van der Waals surface area contributed by atoms with Crippen molar-refractivity contribution in [3.63, 3.8) is 0 Å². The lowest BCUT2D eigenvalue weighted by atomic mass is 10.3. The predicted molar refractivity (Wildman–Crippen MR) is 72.9 cm³/mol. The Labute approximate surface area is 103 Å². The smallest absolute Gasteiger partial charge is 0.351 e. The van der Waals surface area contributed by atoms with Gasteiger partial charge in [0.2, 0.25) is 0 Å². The molecule has 0 saturated heterocycles. The Morgan fingerprint density at radius 1 is 0.938 bits per heavy atom. The first kappa shape index (κ1) is 15.9. The maximum atomic E-state index is 5.91. The minimum atomic E-state index is -1.56. The summed E-state index contributed by atoms with van der Waals surface area (Å²) >= 11 is 0. The molecule has 0 rings (SSSR count). The molecule has 0 fully saturated rings. The van der Waals surface area contributed by atoms with Gasteiger partial charge in [0.25, 0.3) is 0 Å². The van der Waals surface area contributed by atoms with Crippen LogP contribution in [0.25, 0.3) is 0 Å². The summed E-state index contributed by atoms with van der Waals surface area (Å²) in [7, 11) is -1.56. The van der Waals surface area contributed by atoms with Crippen LogP contribution in [0.15, 0.2) is 11.3 Å². The molecule has 0 spiro atoms. The Morgan fingerprint density at radius 3 is 1.88 bits per heavy atom. The summed E-state index contributed by atoms with van der Waals surface area (Å²) in [6, 6.07) is 0. The molecule has 0 unspecified atom stereocenters. The predicted octanol–water partition coefficient (Wildman–Crippen LogP) is 3.74. The minimum absolute atomic E-state index is 0.839. The highest BCUT2D eigenvalue weighted by atomic mass is 28.3. The summed E-state index contributed by atoms with van der Waals surface area (Å²) in [4.78, 5) is 0. The summed E-state index contributed by atoms with van der Waals surface area (Å²) in [6.45, 7) is 10.4. The van der Waals surface area contributed by atoms with Gasteiger partial charge >= 0.3 is 9.28 Å². The van der Waals surface area contributed by atoms with Crippen molar-refractivity contribution in [1.82, 2.24) is 0 Å². The molecule has 0 bridgehead atoms. The standard InChI is InChI=1S/C13H28O2Si/c1-5-9-13(10-6-2)16(14-11-7-3)15-12-8-4/h9,16H,5-8,10-12H2,1-4H3. The quantitative estimate of drug-likeness (QED) is 0.545. The Hall–Kier alpha value is -0.123. The third kappa shape index (κ3) is 7.20. The van der Waals surface area contributed by atoms with Crippen LogP contribution in [0.1, 0.15) is 59.8 Å². The Morgan fingerprint density at radius 2 is 1.50 bits per heavy atom. The van der Waals surface area contributed by atoms with Crippen molar-refractivity contribution in [3.05, 3.63) is 11.3 Å². The van der Waals surface area contributed by atoms with Gasteiger partial charge in [0.05, 0.1) is 0 Å². The van der Waals surface area contributed by atoms with Crippen molar-refractivity contribution < 1.29 is 8.85 Å². The molecule has 0 aliphatic heterocycles. The highest BCUT2D eigenvalue weighted by Crippen LogP contribution is 2.13. The van der Waals surface area contributed by atoms with Crippen LogP contribution in [0.4, 0.5) is 0 Å². The lowest BCUT2D eigenvalue weighted by Gasteiger charge is -2.19. The molecule has 3 heteroatoms. The third-order valence-electron chi connectivity index (χ3n) is 2.25. The fourth-order valence-electron chi connectivity index (χ4n) is 1.58. The fraction of sp³-hybridized carbons (Fsp3) is 0.846. The van der Waals surface area contributed by atoms with Crippen molar-refractivity contribution in [2.45, 2.75) is 59.8 Å². The van der Waals surface area contributed by atoms with Crippen molar-refractivity contribution in [2.75, 3.05) is 13.2 Å². The first-order chi connectivity index (χ1) is 7.79. The van der Waals surface area contributed by atoms with E-state index in [0.29, 0.717) is 0 Å². The topological polar surface area (TPSA) is 18.5 Å². The van der Waals surface area contributed by atoms with Gasteiger partial charge in [0.1, 0.15) is 0 Å². The molecule has 0 saturated carbocycles. The molecule has 0 aliphatic rings. The average Bonchev–Trinajstić information content (AvgIpc) is 2.29. The molecule has 0 aliphatic carbocycles. The fourth-order valence-corrected chi connectivity index (χ4v) is 3.96. The normalized spacial score (nSPS) is 12.4. The monoisotopic (exact) mass is 244 g/mol. The zero-order valence-electron chi connectivity index (χ0n) is 11.4. The molecule has 0 N–H and O–H groups in total. The average molecular weight is 244 g/mol. The second kappa shape index (κ2) is 11.4. The van der Waals surface area contributed by atoms with Gasteiger partial charge in [-0.2, -0.15) is 0 Å². The first-order valence-corrected chi connectivity index (χ1v) is 8.24. The maximum Gasteiger partial charge on any atom is 0.351 e. The minimum Gasteiger partial charge on any atom is -0.393 e. The first-order valence-electron chi connectivity index (χ1n) is 6.72. The van der Waals surface area contributed by atoms with Crippen LogP contribution < -0.4 is 0 Å². The van der Waals surface area contributed by atoms with E-state index < -0.39 is 9.28 Å². The Kier molecular flexibility index (Phi) is 11.3. The van der Waals surface area contributed by atoms with Crippen molar-refractivity contribution in [1.29, 1.82) is 0 Å². The van der Waals surface area contributed by atoms with Crippen molar-refractivity contribution >= 4 is 9.28 Å². The molecule has 0 radical (unpaired) electrons. The second-order valence-electron chi connectivity index (χ2n) is 4.01.